The van der Waals surface area contributed by atoms with Gasteiger partial charge < -0.3 is 0 Å². The number of hydrogen-bond donors (Lipinski definition) is 1. The molecule has 0 bridgehead atoms. The zero-order chi connectivity index (χ0) is 11.7. The number of alkyl halides is 1. The van der Waals surface area contributed by atoms with E-state index in [1.807, 2.05) is 0 Å². The molecule has 2 rings (SSSR count). The molecule has 1 atom stereocenters. The maximum Gasteiger partial charge on any atom is 0.256 e. The van der Waals surface area contributed by atoms with Gasteiger partial charge in [0.05, 0.1) is 5.38 Å². The molecule has 2 amide bonds. The minimum atomic E-state index is -0.635. The highest BCUT2D eigenvalue weighted by molar-refractivity contribution is 6.31. The second-order valence-electron chi connectivity index (χ2n) is 3.33. The number of benzene rings is 1. The molecule has 0 saturated carbocycles. The molecule has 82 valence electrons. The number of halogens is 2. The molecule has 1 aliphatic rings. The zero-order valence-electron chi connectivity index (χ0n) is 8.04. The summed E-state index contributed by atoms with van der Waals surface area (Å²) in [7, 11) is 0. The van der Waals surface area contributed by atoms with Gasteiger partial charge in [-0.1, -0.05) is 23.7 Å². The van der Waals surface area contributed by atoms with E-state index < -0.39 is 17.2 Å². The highest BCUT2D eigenvalue weighted by Crippen LogP contribution is 2.30. The molecule has 5 heteroatoms. The van der Waals surface area contributed by atoms with Crippen LogP contribution in [-0.2, 0) is 9.59 Å². The zero-order valence-corrected chi connectivity index (χ0v) is 9.55. The molecule has 1 unspecified atom stereocenters. The van der Waals surface area contributed by atoms with Gasteiger partial charge in [-0.3, -0.25) is 14.9 Å². The van der Waals surface area contributed by atoms with Gasteiger partial charge in [0.25, 0.3) is 11.8 Å². The minimum Gasteiger partial charge on any atom is -0.289 e. The van der Waals surface area contributed by atoms with E-state index in [1.54, 1.807) is 24.3 Å². The number of imide groups is 1. The smallest absolute Gasteiger partial charge is 0.256 e. The molecule has 0 saturated heterocycles. The van der Waals surface area contributed by atoms with Crippen molar-refractivity contribution in [1.29, 1.82) is 0 Å². The predicted octanol–water partition coefficient (Wildman–Crippen LogP) is 2.20. The Morgan fingerprint density at radius 1 is 1.12 bits per heavy atom. The Balaban J connectivity index is 2.29. The molecule has 0 aromatic heterocycles. The van der Waals surface area contributed by atoms with Crippen LogP contribution >= 0.6 is 23.2 Å². The Kier molecular flexibility index (Phi) is 2.99. The molecule has 1 aromatic carbocycles. The van der Waals surface area contributed by atoms with Gasteiger partial charge >= 0.3 is 0 Å². The molecule has 1 heterocycles. The second kappa shape index (κ2) is 4.28. The van der Waals surface area contributed by atoms with E-state index >= 15 is 0 Å². The summed E-state index contributed by atoms with van der Waals surface area (Å²) >= 11 is 11.8. The van der Waals surface area contributed by atoms with Crippen LogP contribution in [0.2, 0.25) is 5.02 Å². The standard InChI is InChI=1S/C11H7Cl2NO2/c12-7-3-1-6(2-4-7)10(13)8-5-9(15)14-11(8)16/h1-5,10H,(H,14,15,16). The molecule has 0 fully saturated rings. The van der Waals surface area contributed by atoms with Crippen LogP contribution in [0.4, 0.5) is 0 Å². The lowest BCUT2D eigenvalue weighted by Crippen LogP contribution is -2.23. The average molecular weight is 256 g/mol. The predicted molar refractivity (Wildman–Crippen MR) is 61.3 cm³/mol. The van der Waals surface area contributed by atoms with Crippen LogP contribution in [0.1, 0.15) is 10.9 Å². The van der Waals surface area contributed by atoms with Crippen molar-refractivity contribution in [1.82, 2.24) is 5.32 Å². The minimum absolute atomic E-state index is 0.258. The number of hydrogen-bond acceptors (Lipinski definition) is 2. The van der Waals surface area contributed by atoms with Crippen LogP contribution < -0.4 is 5.32 Å². The van der Waals surface area contributed by atoms with Crippen molar-refractivity contribution in [2.24, 2.45) is 0 Å². The highest BCUT2D eigenvalue weighted by Gasteiger charge is 2.27. The summed E-state index contributed by atoms with van der Waals surface area (Å²) in [5, 5.41) is 2.10. The fourth-order valence-corrected chi connectivity index (χ4v) is 1.86. The molecule has 3 nitrogen and oxygen atoms in total. The third-order valence-corrected chi connectivity index (χ3v) is 2.96. The number of nitrogens with one attached hydrogen (secondary N) is 1. The number of amides is 2. The number of carbonyl (C=O) groups excluding carboxylic acids is 2. The molecular formula is C11H7Cl2NO2. The van der Waals surface area contributed by atoms with Crippen molar-refractivity contribution in [2.75, 3.05) is 0 Å². The Morgan fingerprint density at radius 3 is 2.25 bits per heavy atom. The van der Waals surface area contributed by atoms with Crippen molar-refractivity contribution in [3.8, 4) is 0 Å². The van der Waals surface area contributed by atoms with Gasteiger partial charge in [0.2, 0.25) is 0 Å². The second-order valence-corrected chi connectivity index (χ2v) is 4.21. The number of carbonyl (C=O) groups is 2. The van der Waals surface area contributed by atoms with E-state index in [2.05, 4.69) is 5.32 Å². The Morgan fingerprint density at radius 2 is 1.75 bits per heavy atom. The van der Waals surface area contributed by atoms with E-state index in [9.17, 15) is 9.59 Å². The monoisotopic (exact) mass is 255 g/mol. The highest BCUT2D eigenvalue weighted by atomic mass is 35.5. The van der Waals surface area contributed by atoms with Gasteiger partial charge in [-0.2, -0.15) is 0 Å². The fourth-order valence-electron chi connectivity index (χ4n) is 1.43. The van der Waals surface area contributed by atoms with Gasteiger partial charge in [-0.05, 0) is 17.7 Å². The maximum absolute atomic E-state index is 11.4. The first-order valence-corrected chi connectivity index (χ1v) is 5.36. The van der Waals surface area contributed by atoms with Gasteiger partial charge in [0.1, 0.15) is 0 Å². The van der Waals surface area contributed by atoms with E-state index in [4.69, 9.17) is 23.2 Å². The average Bonchev–Trinajstić information content (AvgIpc) is 2.58. The molecule has 1 N–H and O–H groups in total. The van der Waals surface area contributed by atoms with Crippen LogP contribution in [0.3, 0.4) is 0 Å². The Bertz CT molecular complexity index is 479. The summed E-state index contributed by atoms with van der Waals surface area (Å²) in [6, 6.07) is 6.80. The lowest BCUT2D eigenvalue weighted by Gasteiger charge is -2.09. The molecule has 1 aliphatic heterocycles. The summed E-state index contributed by atoms with van der Waals surface area (Å²) in [5.74, 6) is -0.875. The molecule has 0 aliphatic carbocycles. The summed E-state index contributed by atoms with van der Waals surface area (Å²) in [6.07, 6.45) is 1.22. The first kappa shape index (κ1) is 11.2. The van der Waals surface area contributed by atoms with E-state index in [-0.39, 0.29) is 5.57 Å². The van der Waals surface area contributed by atoms with Crippen LogP contribution in [0, 0.1) is 0 Å². The van der Waals surface area contributed by atoms with Gasteiger partial charge in [0, 0.05) is 16.7 Å². The van der Waals surface area contributed by atoms with Crippen molar-refractivity contribution in [3.63, 3.8) is 0 Å². The largest absolute Gasteiger partial charge is 0.289 e. The van der Waals surface area contributed by atoms with Crippen LogP contribution in [0.15, 0.2) is 35.9 Å². The van der Waals surface area contributed by atoms with Crippen molar-refractivity contribution < 1.29 is 9.59 Å². The molecule has 0 radical (unpaired) electrons. The van der Waals surface area contributed by atoms with Crippen LogP contribution in [-0.4, -0.2) is 11.8 Å². The Labute approximate surface area is 102 Å². The summed E-state index contributed by atoms with van der Waals surface area (Å²) < 4.78 is 0. The van der Waals surface area contributed by atoms with Crippen molar-refractivity contribution in [2.45, 2.75) is 5.38 Å². The van der Waals surface area contributed by atoms with Gasteiger partial charge in [-0.15, -0.1) is 11.6 Å². The van der Waals surface area contributed by atoms with Crippen LogP contribution in [0.5, 0.6) is 0 Å². The third kappa shape index (κ3) is 2.10. The van der Waals surface area contributed by atoms with E-state index in [0.29, 0.717) is 5.02 Å². The lowest BCUT2D eigenvalue weighted by atomic mass is 10.1. The molecule has 16 heavy (non-hydrogen) atoms. The first-order valence-electron chi connectivity index (χ1n) is 4.54. The van der Waals surface area contributed by atoms with E-state index in [0.717, 1.165) is 5.56 Å². The summed E-state index contributed by atoms with van der Waals surface area (Å²) in [5.41, 5.74) is 0.983. The maximum atomic E-state index is 11.4. The SMILES string of the molecule is O=C1C=C(C(Cl)c2ccc(Cl)cc2)C(=O)N1. The number of rotatable bonds is 2. The quantitative estimate of drug-likeness (QED) is 0.651. The summed E-state index contributed by atoms with van der Waals surface area (Å²) in [4.78, 5) is 22.3. The van der Waals surface area contributed by atoms with E-state index in [1.165, 1.54) is 6.08 Å². The van der Waals surface area contributed by atoms with Crippen molar-refractivity contribution >= 4 is 35.0 Å². The molecular weight excluding hydrogens is 249 g/mol. The topological polar surface area (TPSA) is 46.2 Å². The van der Waals surface area contributed by atoms with Gasteiger partial charge in [0.15, 0.2) is 0 Å². The molecule has 1 aromatic rings. The normalized spacial score (nSPS) is 17.0. The van der Waals surface area contributed by atoms with Gasteiger partial charge in [-0.25, -0.2) is 0 Å². The summed E-state index contributed by atoms with van der Waals surface area (Å²) in [6.45, 7) is 0. The third-order valence-electron chi connectivity index (χ3n) is 2.22. The van der Waals surface area contributed by atoms with Crippen LogP contribution in [0.25, 0.3) is 0 Å². The fraction of sp³-hybridized carbons (Fsp3) is 0.0909. The van der Waals surface area contributed by atoms with Crippen molar-refractivity contribution in [3.05, 3.63) is 46.5 Å². The first-order chi connectivity index (χ1) is 7.58. The molecule has 0 spiro atoms. The Hall–Kier alpha value is -1.32. The lowest BCUT2D eigenvalue weighted by molar-refractivity contribution is -0.123.